The number of hydrogen-bond donors (Lipinski definition) is 2. The summed E-state index contributed by atoms with van der Waals surface area (Å²) >= 11 is 10.6. The molecule has 1 aromatic heterocycles. The average Bonchev–Trinajstić information content (AvgIpc) is 2.47. The van der Waals surface area contributed by atoms with Gasteiger partial charge in [0.2, 0.25) is 0 Å². The SMILES string of the molecule is CCn1ncc(Cl)c1C(NN)C(F)(F)Cl. The Morgan fingerprint density at radius 3 is 2.73 bits per heavy atom. The fraction of sp³-hybridized carbons (Fsp3) is 0.571. The van der Waals surface area contributed by atoms with E-state index >= 15 is 0 Å². The highest BCUT2D eigenvalue weighted by molar-refractivity contribution is 6.31. The van der Waals surface area contributed by atoms with Crippen LogP contribution in [0.3, 0.4) is 0 Å². The molecule has 0 saturated heterocycles. The van der Waals surface area contributed by atoms with E-state index in [1.54, 1.807) is 6.92 Å². The van der Waals surface area contributed by atoms with Gasteiger partial charge in [0.05, 0.1) is 16.9 Å². The van der Waals surface area contributed by atoms with Gasteiger partial charge in [-0.15, -0.1) is 0 Å². The minimum atomic E-state index is -3.54. The van der Waals surface area contributed by atoms with Gasteiger partial charge in [-0.05, 0) is 18.5 Å². The Kier molecular flexibility index (Phi) is 3.88. The van der Waals surface area contributed by atoms with Crippen molar-refractivity contribution < 1.29 is 8.78 Å². The largest absolute Gasteiger partial charge is 0.343 e. The summed E-state index contributed by atoms with van der Waals surface area (Å²) in [6, 6.07) is -1.57. The number of hydrazine groups is 1. The summed E-state index contributed by atoms with van der Waals surface area (Å²) in [6.45, 7) is 2.14. The molecule has 1 heterocycles. The number of alkyl halides is 3. The first-order valence-electron chi connectivity index (χ1n) is 4.15. The van der Waals surface area contributed by atoms with Gasteiger partial charge in [-0.1, -0.05) is 11.6 Å². The number of nitrogens with one attached hydrogen (secondary N) is 1. The Morgan fingerprint density at radius 2 is 2.33 bits per heavy atom. The van der Waals surface area contributed by atoms with Gasteiger partial charge in [0.1, 0.15) is 6.04 Å². The highest BCUT2D eigenvalue weighted by Gasteiger charge is 2.41. The lowest BCUT2D eigenvalue weighted by molar-refractivity contribution is 0.0462. The van der Waals surface area contributed by atoms with E-state index in [9.17, 15) is 8.78 Å². The fourth-order valence-electron chi connectivity index (χ4n) is 1.24. The zero-order valence-corrected chi connectivity index (χ0v) is 9.36. The standard InChI is InChI=1S/C7H10Cl2F2N4/c1-2-15-5(4(8)3-13-15)6(14-12)7(9,10)11/h3,6,14H,2,12H2,1H3. The van der Waals surface area contributed by atoms with E-state index in [0.29, 0.717) is 6.54 Å². The topological polar surface area (TPSA) is 55.9 Å². The van der Waals surface area contributed by atoms with Gasteiger partial charge in [-0.3, -0.25) is 10.5 Å². The molecule has 0 amide bonds. The summed E-state index contributed by atoms with van der Waals surface area (Å²) in [5, 5.41) is 0.375. The number of nitrogens with two attached hydrogens (primary N) is 1. The maximum absolute atomic E-state index is 13.0. The van der Waals surface area contributed by atoms with Crippen LogP contribution < -0.4 is 11.3 Å². The zero-order valence-electron chi connectivity index (χ0n) is 7.85. The van der Waals surface area contributed by atoms with Crippen molar-refractivity contribution in [2.45, 2.75) is 24.9 Å². The van der Waals surface area contributed by atoms with Gasteiger partial charge in [0.15, 0.2) is 0 Å². The van der Waals surface area contributed by atoms with Crippen molar-refractivity contribution in [3.05, 3.63) is 16.9 Å². The summed E-state index contributed by atoms with van der Waals surface area (Å²) in [5.74, 6) is 5.03. The predicted molar refractivity (Wildman–Crippen MR) is 53.8 cm³/mol. The smallest absolute Gasteiger partial charge is 0.271 e. The first kappa shape index (κ1) is 12.6. The molecule has 0 aliphatic carbocycles. The molecule has 0 bridgehead atoms. The predicted octanol–water partition coefficient (Wildman–Crippen LogP) is 1.89. The van der Waals surface area contributed by atoms with Crippen molar-refractivity contribution >= 4 is 23.2 Å². The monoisotopic (exact) mass is 258 g/mol. The third-order valence-electron chi connectivity index (χ3n) is 1.90. The van der Waals surface area contributed by atoms with Gasteiger partial charge in [0, 0.05) is 6.54 Å². The van der Waals surface area contributed by atoms with Crippen LogP contribution in [0.4, 0.5) is 8.78 Å². The minimum Gasteiger partial charge on any atom is -0.271 e. The second-order valence-electron chi connectivity index (χ2n) is 2.83. The van der Waals surface area contributed by atoms with Crippen LogP contribution in [0.1, 0.15) is 18.7 Å². The van der Waals surface area contributed by atoms with Crippen molar-refractivity contribution in [3.8, 4) is 0 Å². The Bertz CT molecular complexity index is 336. The van der Waals surface area contributed by atoms with Gasteiger partial charge < -0.3 is 0 Å². The molecule has 1 aromatic rings. The molecule has 0 aromatic carbocycles. The third kappa shape index (κ3) is 2.57. The van der Waals surface area contributed by atoms with Crippen molar-refractivity contribution in [1.82, 2.24) is 15.2 Å². The Morgan fingerprint density at radius 1 is 1.73 bits per heavy atom. The molecule has 0 fully saturated rings. The second-order valence-corrected chi connectivity index (χ2v) is 3.75. The summed E-state index contributed by atoms with van der Waals surface area (Å²) in [6.07, 6.45) is 1.27. The van der Waals surface area contributed by atoms with Crippen LogP contribution in [0.5, 0.6) is 0 Å². The van der Waals surface area contributed by atoms with E-state index in [1.807, 2.05) is 5.43 Å². The molecule has 1 atom stereocenters. The minimum absolute atomic E-state index is 0.0710. The Labute approximate surface area is 95.3 Å². The van der Waals surface area contributed by atoms with Crippen LogP contribution in [0, 0.1) is 0 Å². The molecule has 3 N–H and O–H groups in total. The number of rotatable bonds is 4. The zero-order chi connectivity index (χ0) is 11.6. The van der Waals surface area contributed by atoms with E-state index in [4.69, 9.17) is 29.0 Å². The van der Waals surface area contributed by atoms with E-state index in [1.165, 1.54) is 10.9 Å². The maximum Gasteiger partial charge on any atom is 0.343 e. The summed E-state index contributed by atoms with van der Waals surface area (Å²) in [5.41, 5.74) is 2.00. The number of halogens is 4. The van der Waals surface area contributed by atoms with Gasteiger partial charge in [-0.25, -0.2) is 5.43 Å². The Balaban J connectivity index is 3.16. The number of nitrogens with zero attached hydrogens (tertiary/aromatic N) is 2. The quantitative estimate of drug-likeness (QED) is 0.493. The molecule has 4 nitrogen and oxygen atoms in total. The first-order chi connectivity index (χ1) is 6.91. The van der Waals surface area contributed by atoms with Crippen molar-refractivity contribution in [2.75, 3.05) is 0 Å². The van der Waals surface area contributed by atoms with Crippen molar-refractivity contribution in [3.63, 3.8) is 0 Å². The van der Waals surface area contributed by atoms with Crippen LogP contribution in [0.25, 0.3) is 0 Å². The average molecular weight is 259 g/mol. The molecule has 0 saturated carbocycles. The van der Waals surface area contributed by atoms with Crippen LogP contribution in [0.15, 0.2) is 6.20 Å². The highest BCUT2D eigenvalue weighted by atomic mass is 35.5. The molecular formula is C7H10Cl2F2N4. The first-order valence-corrected chi connectivity index (χ1v) is 4.91. The molecular weight excluding hydrogens is 249 g/mol. The lowest BCUT2D eigenvalue weighted by Crippen LogP contribution is -2.39. The highest BCUT2D eigenvalue weighted by Crippen LogP contribution is 2.37. The maximum atomic E-state index is 13.0. The van der Waals surface area contributed by atoms with Crippen LogP contribution in [0.2, 0.25) is 5.02 Å². The van der Waals surface area contributed by atoms with Crippen molar-refractivity contribution in [1.29, 1.82) is 0 Å². The van der Waals surface area contributed by atoms with E-state index in [0.717, 1.165) is 0 Å². The molecule has 1 rings (SSSR count). The van der Waals surface area contributed by atoms with Crippen molar-refractivity contribution in [2.24, 2.45) is 5.84 Å². The van der Waals surface area contributed by atoms with Crippen LogP contribution >= 0.6 is 23.2 Å². The fourth-order valence-corrected chi connectivity index (χ4v) is 1.66. The molecule has 0 aliphatic heterocycles. The molecule has 0 spiro atoms. The summed E-state index contributed by atoms with van der Waals surface area (Å²) in [7, 11) is 0. The lowest BCUT2D eigenvalue weighted by Gasteiger charge is -2.21. The summed E-state index contributed by atoms with van der Waals surface area (Å²) in [4.78, 5) is 0. The molecule has 15 heavy (non-hydrogen) atoms. The van der Waals surface area contributed by atoms with E-state index < -0.39 is 11.4 Å². The molecule has 1 unspecified atom stereocenters. The van der Waals surface area contributed by atoms with Gasteiger partial charge in [-0.2, -0.15) is 13.9 Å². The third-order valence-corrected chi connectivity index (χ3v) is 2.41. The lowest BCUT2D eigenvalue weighted by atomic mass is 10.2. The second kappa shape index (κ2) is 4.61. The van der Waals surface area contributed by atoms with Crippen LogP contribution in [-0.2, 0) is 6.54 Å². The molecule has 86 valence electrons. The van der Waals surface area contributed by atoms with Gasteiger partial charge in [0.25, 0.3) is 0 Å². The van der Waals surface area contributed by atoms with Crippen LogP contribution in [-0.4, -0.2) is 15.2 Å². The number of hydrogen-bond acceptors (Lipinski definition) is 3. The van der Waals surface area contributed by atoms with Gasteiger partial charge >= 0.3 is 5.38 Å². The normalized spacial score (nSPS) is 14.3. The Hall–Kier alpha value is -0.430. The molecule has 0 aliphatic rings. The van der Waals surface area contributed by atoms with E-state index in [-0.39, 0.29) is 10.7 Å². The number of aromatic nitrogens is 2. The summed E-state index contributed by atoms with van der Waals surface area (Å²) < 4.78 is 27.2. The molecule has 8 heteroatoms. The number of aryl methyl sites for hydroxylation is 1. The van der Waals surface area contributed by atoms with E-state index in [2.05, 4.69) is 5.10 Å². The molecule has 0 radical (unpaired) electrons.